The number of nitro groups is 1. The minimum atomic E-state index is -0.493. The van der Waals surface area contributed by atoms with Crippen molar-refractivity contribution in [2.45, 2.75) is 6.92 Å². The van der Waals surface area contributed by atoms with Crippen molar-refractivity contribution in [3.63, 3.8) is 0 Å². The molecule has 0 aromatic heterocycles. The van der Waals surface area contributed by atoms with E-state index in [2.05, 4.69) is 0 Å². The first-order chi connectivity index (χ1) is 6.15. The van der Waals surface area contributed by atoms with Crippen LogP contribution in [0.4, 0.5) is 11.4 Å². The highest BCUT2D eigenvalue weighted by Gasteiger charge is 2.07. The molecule has 0 radical (unpaired) electrons. The van der Waals surface area contributed by atoms with Crippen LogP contribution in [0, 0.1) is 10.1 Å². The van der Waals surface area contributed by atoms with Gasteiger partial charge in [-0.3, -0.25) is 20.4 Å². The molecule has 5 nitrogen and oxygen atoms in total. The Labute approximate surface area is 75.3 Å². The zero-order chi connectivity index (χ0) is 9.84. The Morgan fingerprint density at radius 3 is 2.85 bits per heavy atom. The summed E-state index contributed by atoms with van der Waals surface area (Å²) < 4.78 is 0. The van der Waals surface area contributed by atoms with Crippen molar-refractivity contribution >= 4 is 11.4 Å². The van der Waals surface area contributed by atoms with Crippen LogP contribution in [0.1, 0.15) is 6.92 Å². The van der Waals surface area contributed by atoms with Gasteiger partial charge >= 0.3 is 0 Å². The van der Waals surface area contributed by atoms with Gasteiger partial charge in [0, 0.05) is 18.7 Å². The molecule has 70 valence electrons. The lowest BCUT2D eigenvalue weighted by Gasteiger charge is -2.13. The van der Waals surface area contributed by atoms with Crippen LogP contribution in [0.25, 0.3) is 0 Å². The van der Waals surface area contributed by atoms with Gasteiger partial charge in [0.1, 0.15) is 0 Å². The summed E-state index contributed by atoms with van der Waals surface area (Å²) in [6.45, 7) is 2.14. The Balaban J connectivity index is 2.98. The molecule has 0 unspecified atom stereocenters. The molecule has 1 rings (SSSR count). The van der Waals surface area contributed by atoms with Gasteiger partial charge in [-0.25, -0.2) is 0 Å². The Bertz CT molecular complexity index is 314. The van der Waals surface area contributed by atoms with Gasteiger partial charge in [-0.2, -0.15) is 0 Å². The molecule has 1 aromatic rings. The molecule has 0 aliphatic heterocycles. The fraction of sp³-hybridized carbons (Fsp3) is 0.250. The molecule has 0 saturated carbocycles. The largest absolute Gasteiger partial charge is 0.288 e. The second kappa shape index (κ2) is 3.86. The summed E-state index contributed by atoms with van der Waals surface area (Å²) in [7, 11) is 0. The van der Waals surface area contributed by atoms with Gasteiger partial charge in [0.25, 0.3) is 5.69 Å². The van der Waals surface area contributed by atoms with E-state index in [-0.39, 0.29) is 5.69 Å². The van der Waals surface area contributed by atoms with Crippen molar-refractivity contribution in [1.82, 2.24) is 0 Å². The van der Waals surface area contributed by atoms with Crippen LogP contribution in [0.15, 0.2) is 24.3 Å². The number of non-ortho nitro benzene ring substituents is 1. The number of hydrogen-bond donors (Lipinski definition) is 1. The van der Waals surface area contributed by atoms with Crippen LogP contribution in [0.2, 0.25) is 0 Å². The Hall–Kier alpha value is -1.62. The highest BCUT2D eigenvalue weighted by molar-refractivity contribution is 5.50. The van der Waals surface area contributed by atoms with Crippen LogP contribution in [0.3, 0.4) is 0 Å². The Kier molecular flexibility index (Phi) is 2.81. The number of hydrogen-bond acceptors (Lipinski definition) is 4. The van der Waals surface area contributed by atoms with Crippen LogP contribution in [-0.2, 0) is 0 Å². The maximum atomic E-state index is 10.4. The zero-order valence-corrected chi connectivity index (χ0v) is 7.17. The molecule has 0 fully saturated rings. The van der Waals surface area contributed by atoms with Gasteiger partial charge < -0.3 is 0 Å². The maximum absolute atomic E-state index is 10.4. The molecule has 5 heteroatoms. The molecule has 1 N–H and O–H groups in total. The third-order valence-electron chi connectivity index (χ3n) is 1.64. The second-order valence-corrected chi connectivity index (χ2v) is 2.49. The number of rotatable bonds is 3. The quantitative estimate of drug-likeness (QED) is 0.571. The normalized spacial score (nSPS) is 9.69. The van der Waals surface area contributed by atoms with E-state index < -0.39 is 4.92 Å². The monoisotopic (exact) mass is 182 g/mol. The van der Waals surface area contributed by atoms with Crippen molar-refractivity contribution in [1.29, 1.82) is 0 Å². The Morgan fingerprint density at radius 2 is 2.31 bits per heavy atom. The molecule has 13 heavy (non-hydrogen) atoms. The van der Waals surface area contributed by atoms with Crippen LogP contribution in [-0.4, -0.2) is 16.7 Å². The van der Waals surface area contributed by atoms with Crippen molar-refractivity contribution in [2.24, 2.45) is 0 Å². The molecule has 1 aromatic carbocycles. The van der Waals surface area contributed by atoms with Crippen LogP contribution in [0.5, 0.6) is 0 Å². The molecular formula is C8H10N2O3. The van der Waals surface area contributed by atoms with E-state index in [1.54, 1.807) is 13.0 Å². The average molecular weight is 182 g/mol. The lowest BCUT2D eigenvalue weighted by molar-refractivity contribution is -0.384. The van der Waals surface area contributed by atoms with Gasteiger partial charge in [0.05, 0.1) is 10.6 Å². The van der Waals surface area contributed by atoms with E-state index in [0.717, 1.165) is 5.06 Å². The summed E-state index contributed by atoms with van der Waals surface area (Å²) in [4.78, 5) is 9.88. The van der Waals surface area contributed by atoms with Crippen molar-refractivity contribution in [3.05, 3.63) is 34.4 Å². The fourth-order valence-corrected chi connectivity index (χ4v) is 0.950. The second-order valence-electron chi connectivity index (χ2n) is 2.49. The first-order valence-corrected chi connectivity index (χ1v) is 3.86. The maximum Gasteiger partial charge on any atom is 0.271 e. The van der Waals surface area contributed by atoms with Crippen molar-refractivity contribution in [3.8, 4) is 0 Å². The predicted molar refractivity (Wildman–Crippen MR) is 47.9 cm³/mol. The lowest BCUT2D eigenvalue weighted by Crippen LogP contribution is -2.16. The average Bonchev–Trinajstić information content (AvgIpc) is 2.17. The molecule has 0 aliphatic carbocycles. The molecule has 0 heterocycles. The number of nitrogens with zero attached hydrogens (tertiary/aromatic N) is 2. The van der Waals surface area contributed by atoms with Gasteiger partial charge in [-0.05, 0) is 13.0 Å². The smallest absolute Gasteiger partial charge is 0.271 e. The molecule has 0 atom stereocenters. The number of benzene rings is 1. The van der Waals surface area contributed by atoms with Gasteiger partial charge in [-0.15, -0.1) is 0 Å². The summed E-state index contributed by atoms with van der Waals surface area (Å²) >= 11 is 0. The Morgan fingerprint density at radius 1 is 1.62 bits per heavy atom. The first kappa shape index (κ1) is 9.47. The summed E-state index contributed by atoms with van der Waals surface area (Å²) in [6, 6.07) is 5.85. The minimum Gasteiger partial charge on any atom is -0.288 e. The van der Waals surface area contributed by atoms with Crippen LogP contribution < -0.4 is 5.06 Å². The van der Waals surface area contributed by atoms with Crippen molar-refractivity contribution in [2.75, 3.05) is 11.6 Å². The molecule has 0 amide bonds. The van der Waals surface area contributed by atoms with Gasteiger partial charge in [0.2, 0.25) is 0 Å². The topological polar surface area (TPSA) is 66.6 Å². The zero-order valence-electron chi connectivity index (χ0n) is 7.17. The molecule has 0 spiro atoms. The summed E-state index contributed by atoms with van der Waals surface area (Å²) in [6.07, 6.45) is 0. The summed E-state index contributed by atoms with van der Waals surface area (Å²) in [5, 5.41) is 20.6. The predicted octanol–water partition coefficient (Wildman–Crippen LogP) is 1.81. The first-order valence-electron chi connectivity index (χ1n) is 3.86. The minimum absolute atomic E-state index is 0.0231. The molecule has 0 aliphatic rings. The highest BCUT2D eigenvalue weighted by atomic mass is 16.6. The van der Waals surface area contributed by atoms with E-state index in [1.165, 1.54) is 18.2 Å². The van der Waals surface area contributed by atoms with Crippen LogP contribution >= 0.6 is 0 Å². The summed E-state index contributed by atoms with van der Waals surface area (Å²) in [5.74, 6) is 0. The number of nitro benzene ring substituents is 1. The molecular weight excluding hydrogens is 172 g/mol. The highest BCUT2D eigenvalue weighted by Crippen LogP contribution is 2.19. The molecule has 0 saturated heterocycles. The number of hydroxylamine groups is 1. The van der Waals surface area contributed by atoms with E-state index in [4.69, 9.17) is 0 Å². The van der Waals surface area contributed by atoms with E-state index in [1.807, 2.05) is 0 Å². The van der Waals surface area contributed by atoms with E-state index in [0.29, 0.717) is 12.2 Å². The fourth-order valence-electron chi connectivity index (χ4n) is 0.950. The van der Waals surface area contributed by atoms with Gasteiger partial charge in [0.15, 0.2) is 0 Å². The third kappa shape index (κ3) is 2.16. The van der Waals surface area contributed by atoms with Gasteiger partial charge in [-0.1, -0.05) is 6.07 Å². The molecule has 0 bridgehead atoms. The number of anilines is 1. The SMILES string of the molecule is CCN(O)c1cccc([N+](=O)[O-])c1. The lowest BCUT2D eigenvalue weighted by atomic mass is 10.3. The summed E-state index contributed by atoms with van der Waals surface area (Å²) in [5.41, 5.74) is 0.404. The van der Waals surface area contributed by atoms with E-state index in [9.17, 15) is 15.3 Å². The third-order valence-corrected chi connectivity index (χ3v) is 1.64. The van der Waals surface area contributed by atoms with Crippen molar-refractivity contribution < 1.29 is 10.1 Å². The van der Waals surface area contributed by atoms with E-state index >= 15 is 0 Å². The standard InChI is InChI=1S/C8H10N2O3/c1-2-9(11)7-4-3-5-8(6-7)10(12)13/h3-6,11H,2H2,1H3.